The number of H-pyrrole nitrogens is 1. The van der Waals surface area contributed by atoms with Gasteiger partial charge in [0.1, 0.15) is 11.4 Å². The lowest BCUT2D eigenvalue weighted by Crippen LogP contribution is -2.39. The highest BCUT2D eigenvalue weighted by molar-refractivity contribution is 6.16. The molecule has 0 radical (unpaired) electrons. The van der Waals surface area contributed by atoms with Crippen LogP contribution in [0.2, 0.25) is 0 Å². The summed E-state index contributed by atoms with van der Waals surface area (Å²) >= 11 is 5.75. The van der Waals surface area contributed by atoms with Crippen LogP contribution in [0, 0.1) is 0 Å². The summed E-state index contributed by atoms with van der Waals surface area (Å²) < 4.78 is 11.2. The van der Waals surface area contributed by atoms with Gasteiger partial charge in [0.05, 0.1) is 11.6 Å². The molecule has 1 aliphatic heterocycles. The van der Waals surface area contributed by atoms with Crippen molar-refractivity contribution >= 4 is 11.6 Å². The first-order valence-electron chi connectivity index (χ1n) is 6.08. The maximum atomic E-state index is 11.6. The summed E-state index contributed by atoms with van der Waals surface area (Å²) in [6.07, 6.45) is 1.38. The van der Waals surface area contributed by atoms with E-state index in [2.05, 4.69) is 9.97 Å². The summed E-state index contributed by atoms with van der Waals surface area (Å²) in [6, 6.07) is 1.41. The number of nitrogens with one attached hydrogen (secondary N) is 1. The highest BCUT2D eigenvalue weighted by Gasteiger charge is 2.37. The second-order valence-corrected chi connectivity index (χ2v) is 4.53. The van der Waals surface area contributed by atoms with E-state index in [4.69, 9.17) is 21.1 Å². The highest BCUT2D eigenvalue weighted by Crippen LogP contribution is 2.33. The van der Waals surface area contributed by atoms with Crippen molar-refractivity contribution in [2.45, 2.75) is 31.2 Å². The Bertz CT molecular complexity index is 449. The molecule has 1 aliphatic rings. The lowest BCUT2D eigenvalue weighted by Gasteiger charge is -2.35. The molecule has 1 N–H and O–H groups in total. The first-order valence-corrected chi connectivity index (χ1v) is 6.62. The monoisotopic (exact) mass is 272 g/mol. The van der Waals surface area contributed by atoms with Gasteiger partial charge in [-0.05, 0) is 6.92 Å². The van der Waals surface area contributed by atoms with Crippen molar-refractivity contribution < 1.29 is 9.47 Å². The Balaban J connectivity index is 2.41. The quantitative estimate of drug-likeness (QED) is 0.845. The molecule has 2 heterocycles. The fourth-order valence-corrected chi connectivity index (χ4v) is 2.36. The van der Waals surface area contributed by atoms with E-state index in [1.54, 1.807) is 0 Å². The van der Waals surface area contributed by atoms with E-state index in [0.717, 1.165) is 0 Å². The Morgan fingerprint density at radius 3 is 2.89 bits per heavy atom. The number of ether oxygens (including phenoxy) is 2. The molecular weight excluding hydrogens is 256 g/mol. The predicted octanol–water partition coefficient (Wildman–Crippen LogP) is 1.55. The second kappa shape index (κ2) is 5.82. The summed E-state index contributed by atoms with van der Waals surface area (Å²) in [5.41, 5.74) is -0.170. The van der Waals surface area contributed by atoms with Crippen LogP contribution in [0.15, 0.2) is 10.9 Å². The van der Waals surface area contributed by atoms with Crippen molar-refractivity contribution in [1.29, 1.82) is 0 Å². The molecule has 0 saturated carbocycles. The first-order chi connectivity index (χ1) is 8.70. The van der Waals surface area contributed by atoms with Gasteiger partial charge in [0.2, 0.25) is 0 Å². The number of aromatic nitrogens is 2. The lowest BCUT2D eigenvalue weighted by molar-refractivity contribution is -0.118. The molecule has 0 atom stereocenters. The SMILES string of the molecule is CCOC1(c2nc(CCl)cc(=O)[nH]2)CCOCC1. The fraction of sp³-hybridized carbons (Fsp3) is 0.667. The molecule has 0 aromatic carbocycles. The van der Waals surface area contributed by atoms with Gasteiger partial charge in [-0.15, -0.1) is 11.6 Å². The molecule has 2 rings (SSSR count). The van der Waals surface area contributed by atoms with Gasteiger partial charge in [0.15, 0.2) is 0 Å². The van der Waals surface area contributed by atoms with Crippen molar-refractivity contribution in [3.05, 3.63) is 27.9 Å². The standard InChI is InChI=1S/C12H17ClN2O3/c1-2-18-12(3-5-17-6-4-12)11-14-9(8-13)7-10(16)15-11/h7H,2-6,8H2,1H3,(H,14,15,16). The molecule has 0 bridgehead atoms. The first kappa shape index (κ1) is 13.5. The van der Waals surface area contributed by atoms with E-state index < -0.39 is 5.60 Å². The average molecular weight is 273 g/mol. The van der Waals surface area contributed by atoms with Gasteiger partial charge in [0.25, 0.3) is 5.56 Å². The summed E-state index contributed by atoms with van der Waals surface area (Å²) in [5.74, 6) is 0.783. The number of alkyl halides is 1. The van der Waals surface area contributed by atoms with Gasteiger partial charge in [-0.3, -0.25) is 4.79 Å². The summed E-state index contributed by atoms with van der Waals surface area (Å²) in [4.78, 5) is 18.8. The average Bonchev–Trinajstić information content (AvgIpc) is 2.39. The van der Waals surface area contributed by atoms with Crippen LogP contribution in [0.1, 0.15) is 31.3 Å². The van der Waals surface area contributed by atoms with Gasteiger partial charge in [0, 0.05) is 38.7 Å². The Kier molecular flexibility index (Phi) is 4.37. The topological polar surface area (TPSA) is 64.2 Å². The maximum Gasteiger partial charge on any atom is 0.251 e. The van der Waals surface area contributed by atoms with Gasteiger partial charge in [-0.1, -0.05) is 0 Å². The Morgan fingerprint density at radius 1 is 1.56 bits per heavy atom. The smallest absolute Gasteiger partial charge is 0.251 e. The molecule has 1 aromatic rings. The normalized spacial score (nSPS) is 18.8. The number of nitrogens with zero attached hydrogens (tertiary/aromatic N) is 1. The van der Waals surface area contributed by atoms with Crippen LogP contribution in [0.5, 0.6) is 0 Å². The third kappa shape index (κ3) is 2.74. The van der Waals surface area contributed by atoms with Crippen molar-refractivity contribution in [3.8, 4) is 0 Å². The molecule has 6 heteroatoms. The number of rotatable bonds is 4. The van der Waals surface area contributed by atoms with Crippen LogP contribution in [0.4, 0.5) is 0 Å². The van der Waals surface area contributed by atoms with Crippen LogP contribution in [0.25, 0.3) is 0 Å². The molecule has 1 aromatic heterocycles. The van der Waals surface area contributed by atoms with Crippen LogP contribution < -0.4 is 5.56 Å². The Hall–Kier alpha value is -0.910. The van der Waals surface area contributed by atoms with Crippen LogP contribution in [-0.4, -0.2) is 29.8 Å². The molecule has 1 saturated heterocycles. The van der Waals surface area contributed by atoms with Gasteiger partial charge < -0.3 is 14.5 Å². The number of halogens is 1. The van der Waals surface area contributed by atoms with Crippen molar-refractivity contribution in [1.82, 2.24) is 9.97 Å². The zero-order valence-corrected chi connectivity index (χ0v) is 11.1. The van der Waals surface area contributed by atoms with Crippen molar-refractivity contribution in [3.63, 3.8) is 0 Å². The molecule has 0 amide bonds. The summed E-state index contributed by atoms with van der Waals surface area (Å²) in [6.45, 7) is 3.71. The van der Waals surface area contributed by atoms with Crippen LogP contribution in [-0.2, 0) is 21.0 Å². The molecule has 5 nitrogen and oxygen atoms in total. The molecule has 1 fully saturated rings. The van der Waals surface area contributed by atoms with E-state index in [1.807, 2.05) is 6.92 Å². The minimum absolute atomic E-state index is 0.193. The van der Waals surface area contributed by atoms with Gasteiger partial charge in [-0.2, -0.15) is 0 Å². The molecule has 18 heavy (non-hydrogen) atoms. The van der Waals surface area contributed by atoms with E-state index in [9.17, 15) is 4.79 Å². The van der Waals surface area contributed by atoms with Crippen molar-refractivity contribution in [2.75, 3.05) is 19.8 Å². The van der Waals surface area contributed by atoms with Gasteiger partial charge >= 0.3 is 0 Å². The third-order valence-corrected chi connectivity index (χ3v) is 3.36. The predicted molar refractivity (Wildman–Crippen MR) is 67.8 cm³/mol. The summed E-state index contributed by atoms with van der Waals surface area (Å²) in [7, 11) is 0. The zero-order valence-electron chi connectivity index (χ0n) is 10.4. The van der Waals surface area contributed by atoms with E-state index in [0.29, 0.717) is 44.2 Å². The zero-order chi connectivity index (χ0) is 13.0. The van der Waals surface area contributed by atoms with E-state index in [1.165, 1.54) is 6.07 Å². The highest BCUT2D eigenvalue weighted by atomic mass is 35.5. The maximum absolute atomic E-state index is 11.6. The molecule has 0 unspecified atom stereocenters. The number of hydrogen-bond donors (Lipinski definition) is 1. The number of hydrogen-bond acceptors (Lipinski definition) is 4. The Morgan fingerprint density at radius 2 is 2.28 bits per heavy atom. The molecule has 0 spiro atoms. The van der Waals surface area contributed by atoms with Gasteiger partial charge in [-0.25, -0.2) is 4.98 Å². The van der Waals surface area contributed by atoms with Crippen LogP contribution >= 0.6 is 11.6 Å². The fourth-order valence-electron chi connectivity index (χ4n) is 2.22. The molecule has 100 valence electrons. The van der Waals surface area contributed by atoms with E-state index >= 15 is 0 Å². The molecule has 0 aliphatic carbocycles. The largest absolute Gasteiger partial charge is 0.381 e. The lowest BCUT2D eigenvalue weighted by atomic mass is 9.93. The van der Waals surface area contributed by atoms with E-state index in [-0.39, 0.29) is 11.4 Å². The van der Waals surface area contributed by atoms with Crippen LogP contribution in [0.3, 0.4) is 0 Å². The van der Waals surface area contributed by atoms with Crippen molar-refractivity contribution in [2.24, 2.45) is 0 Å². The second-order valence-electron chi connectivity index (χ2n) is 4.26. The Labute approximate surface area is 110 Å². The minimum Gasteiger partial charge on any atom is -0.381 e. The molecular formula is C12H17ClN2O3. The summed E-state index contributed by atoms with van der Waals surface area (Å²) in [5, 5.41) is 0. The third-order valence-electron chi connectivity index (χ3n) is 3.08. The minimum atomic E-state index is -0.547. The number of aromatic amines is 1.